The average molecular weight is 400 g/mol. The second-order valence-electron chi connectivity index (χ2n) is 6.04. The predicted molar refractivity (Wildman–Crippen MR) is 94.6 cm³/mol. The summed E-state index contributed by atoms with van der Waals surface area (Å²) >= 11 is 5.64. The maximum Gasteiger partial charge on any atom is 0.326 e. The third-order valence-corrected chi connectivity index (χ3v) is 4.15. The molecule has 1 aromatic rings. The van der Waals surface area contributed by atoms with E-state index >= 15 is 0 Å². The van der Waals surface area contributed by atoms with Crippen LogP contribution in [0.2, 0.25) is 5.02 Å². The van der Waals surface area contributed by atoms with Crippen LogP contribution in [0.5, 0.6) is 0 Å². The van der Waals surface area contributed by atoms with E-state index in [0.717, 1.165) is 11.0 Å². The molecule has 1 atom stereocenters. The first-order valence-corrected chi connectivity index (χ1v) is 8.57. The molecule has 4 amide bonds. The van der Waals surface area contributed by atoms with Gasteiger partial charge in [-0.15, -0.1) is 0 Å². The number of carbonyl (C=O) groups is 4. The van der Waals surface area contributed by atoms with Gasteiger partial charge in [0.25, 0.3) is 5.91 Å². The van der Waals surface area contributed by atoms with Crippen LogP contribution in [0.25, 0.3) is 0 Å². The molecular formula is C17H19ClFN3O5. The Morgan fingerprint density at radius 3 is 2.67 bits per heavy atom. The van der Waals surface area contributed by atoms with Crippen molar-refractivity contribution in [1.82, 2.24) is 9.80 Å². The number of esters is 1. The van der Waals surface area contributed by atoms with Gasteiger partial charge in [-0.1, -0.05) is 11.6 Å². The molecule has 1 saturated heterocycles. The molecule has 0 unspecified atom stereocenters. The summed E-state index contributed by atoms with van der Waals surface area (Å²) in [5.41, 5.74) is 0.268. The van der Waals surface area contributed by atoms with Gasteiger partial charge in [-0.05, 0) is 31.5 Å². The highest BCUT2D eigenvalue weighted by Crippen LogP contribution is 2.19. The van der Waals surface area contributed by atoms with E-state index in [0.29, 0.717) is 0 Å². The highest BCUT2D eigenvalue weighted by Gasteiger charge is 2.33. The van der Waals surface area contributed by atoms with Crippen molar-refractivity contribution in [2.75, 3.05) is 25.5 Å². The lowest BCUT2D eigenvalue weighted by atomic mass is 10.2. The molecule has 146 valence electrons. The normalized spacial score (nSPS) is 15.1. The third kappa shape index (κ3) is 5.40. The Kier molecular flexibility index (Phi) is 6.73. The number of hydrogen-bond acceptors (Lipinski definition) is 5. The van der Waals surface area contributed by atoms with Gasteiger partial charge in [-0.25, -0.2) is 9.18 Å². The highest BCUT2D eigenvalue weighted by atomic mass is 35.5. The molecule has 1 aliphatic rings. The molecule has 27 heavy (non-hydrogen) atoms. The molecule has 0 saturated carbocycles. The van der Waals surface area contributed by atoms with Crippen molar-refractivity contribution in [3.05, 3.63) is 29.0 Å². The summed E-state index contributed by atoms with van der Waals surface area (Å²) in [6, 6.07) is 3.27. The fraction of sp³-hybridized carbons (Fsp3) is 0.412. The van der Waals surface area contributed by atoms with Crippen LogP contribution in [0.15, 0.2) is 18.2 Å². The van der Waals surface area contributed by atoms with Gasteiger partial charge in [-0.3, -0.25) is 19.3 Å². The Bertz CT molecular complexity index is 773. The number of rotatable bonds is 7. The van der Waals surface area contributed by atoms with E-state index in [2.05, 4.69) is 5.32 Å². The first-order valence-electron chi connectivity index (χ1n) is 8.20. The highest BCUT2D eigenvalue weighted by molar-refractivity contribution is 6.31. The van der Waals surface area contributed by atoms with E-state index in [4.69, 9.17) is 16.3 Å². The first kappa shape index (κ1) is 20.6. The minimum absolute atomic E-state index is 0.0217. The summed E-state index contributed by atoms with van der Waals surface area (Å²) in [6.07, 6.45) is -0.908. The van der Waals surface area contributed by atoms with E-state index in [1.165, 1.54) is 31.0 Å². The number of benzene rings is 1. The molecule has 2 rings (SSSR count). The van der Waals surface area contributed by atoms with E-state index < -0.39 is 29.8 Å². The Balaban J connectivity index is 1.76. The van der Waals surface area contributed by atoms with Gasteiger partial charge in [0.05, 0.1) is 5.02 Å². The van der Waals surface area contributed by atoms with Crippen LogP contribution in [0.4, 0.5) is 14.9 Å². The maximum atomic E-state index is 13.1. The molecule has 1 fully saturated rings. The van der Waals surface area contributed by atoms with Crippen LogP contribution in [-0.4, -0.2) is 59.9 Å². The molecule has 0 aliphatic carbocycles. The van der Waals surface area contributed by atoms with Gasteiger partial charge >= 0.3 is 12.0 Å². The van der Waals surface area contributed by atoms with Crippen molar-refractivity contribution in [2.45, 2.75) is 25.9 Å². The van der Waals surface area contributed by atoms with Crippen molar-refractivity contribution in [1.29, 1.82) is 0 Å². The SMILES string of the molecule is C[C@H](OC(=O)CCCN1C(=O)CN(C)C1=O)C(=O)Nc1ccc(F)c(Cl)c1. The first-order chi connectivity index (χ1) is 12.7. The second-order valence-corrected chi connectivity index (χ2v) is 6.44. The lowest BCUT2D eigenvalue weighted by Gasteiger charge is -2.15. The fourth-order valence-corrected chi connectivity index (χ4v) is 2.58. The number of nitrogens with zero attached hydrogens (tertiary/aromatic N) is 2. The molecule has 8 nitrogen and oxygen atoms in total. The molecule has 0 aromatic heterocycles. The van der Waals surface area contributed by atoms with Crippen LogP contribution in [0.3, 0.4) is 0 Å². The Labute approximate surface area is 160 Å². The Morgan fingerprint density at radius 2 is 2.07 bits per heavy atom. The lowest BCUT2D eigenvalue weighted by molar-refractivity contribution is -0.153. The van der Waals surface area contributed by atoms with Crippen LogP contribution in [0.1, 0.15) is 19.8 Å². The quantitative estimate of drug-likeness (QED) is 0.559. The zero-order chi connectivity index (χ0) is 20.1. The number of hydrogen-bond donors (Lipinski definition) is 1. The zero-order valence-electron chi connectivity index (χ0n) is 14.8. The van der Waals surface area contributed by atoms with Crippen LogP contribution in [-0.2, 0) is 19.1 Å². The minimum atomic E-state index is -1.08. The standard InChI is InChI=1S/C17H19ClFN3O5/c1-10(16(25)20-11-5-6-13(19)12(18)8-11)27-15(24)4-3-7-22-14(23)9-21(2)17(22)26/h5-6,8,10H,3-4,7,9H2,1-2H3,(H,20,25)/t10-/m0/s1. The summed E-state index contributed by atoms with van der Waals surface area (Å²) in [4.78, 5) is 49.5. The average Bonchev–Trinajstić information content (AvgIpc) is 2.84. The van der Waals surface area contributed by atoms with Crippen LogP contribution in [0, 0.1) is 5.82 Å². The Morgan fingerprint density at radius 1 is 1.37 bits per heavy atom. The van der Waals surface area contributed by atoms with E-state index in [9.17, 15) is 23.6 Å². The third-order valence-electron chi connectivity index (χ3n) is 3.86. The van der Waals surface area contributed by atoms with Gasteiger partial charge in [0.2, 0.25) is 5.91 Å². The molecule has 10 heteroatoms. The van der Waals surface area contributed by atoms with Crippen LogP contribution >= 0.6 is 11.6 Å². The van der Waals surface area contributed by atoms with E-state index in [1.54, 1.807) is 0 Å². The zero-order valence-corrected chi connectivity index (χ0v) is 15.6. The summed E-state index contributed by atoms with van der Waals surface area (Å²) < 4.78 is 18.1. The number of urea groups is 1. The molecule has 1 N–H and O–H groups in total. The molecule has 1 heterocycles. The minimum Gasteiger partial charge on any atom is -0.453 e. The number of amides is 4. The molecule has 0 spiro atoms. The number of nitrogens with one attached hydrogen (secondary N) is 1. The summed E-state index contributed by atoms with van der Waals surface area (Å²) in [7, 11) is 1.52. The number of anilines is 1. The fourth-order valence-electron chi connectivity index (χ4n) is 2.40. The maximum absolute atomic E-state index is 13.1. The summed E-state index contributed by atoms with van der Waals surface area (Å²) in [5.74, 6) is -2.17. The second kappa shape index (κ2) is 8.81. The monoisotopic (exact) mass is 399 g/mol. The van der Waals surface area contributed by atoms with Gasteiger partial charge in [0, 0.05) is 25.7 Å². The molecule has 0 radical (unpaired) electrons. The number of imide groups is 1. The summed E-state index contributed by atoms with van der Waals surface area (Å²) in [5, 5.41) is 2.32. The van der Waals surface area contributed by atoms with Gasteiger partial charge < -0.3 is 15.0 Å². The predicted octanol–water partition coefficient (Wildman–Crippen LogP) is 2.02. The van der Waals surface area contributed by atoms with Crippen molar-refractivity contribution in [3.63, 3.8) is 0 Å². The lowest BCUT2D eigenvalue weighted by Crippen LogP contribution is -2.33. The van der Waals surface area contributed by atoms with Gasteiger partial charge in [-0.2, -0.15) is 0 Å². The number of ether oxygens (including phenoxy) is 1. The summed E-state index contributed by atoms with van der Waals surface area (Å²) in [6.45, 7) is 1.51. The van der Waals surface area contributed by atoms with Crippen LogP contribution < -0.4 is 5.32 Å². The van der Waals surface area contributed by atoms with Crippen molar-refractivity contribution < 1.29 is 28.3 Å². The molecule has 1 aliphatic heterocycles. The van der Waals surface area contributed by atoms with Gasteiger partial charge in [0.1, 0.15) is 12.4 Å². The number of halogens is 2. The van der Waals surface area contributed by atoms with E-state index in [-0.39, 0.29) is 42.5 Å². The topological polar surface area (TPSA) is 96.0 Å². The number of likely N-dealkylation sites (N-methyl/N-ethyl adjacent to an activating group) is 1. The molecule has 0 bridgehead atoms. The molecule has 1 aromatic carbocycles. The van der Waals surface area contributed by atoms with Gasteiger partial charge in [0.15, 0.2) is 6.10 Å². The van der Waals surface area contributed by atoms with E-state index in [1.807, 2.05) is 0 Å². The van der Waals surface area contributed by atoms with Crippen molar-refractivity contribution >= 4 is 41.1 Å². The largest absolute Gasteiger partial charge is 0.453 e. The number of carbonyl (C=O) groups excluding carboxylic acids is 4. The van der Waals surface area contributed by atoms with Crippen molar-refractivity contribution in [3.8, 4) is 0 Å². The molecular weight excluding hydrogens is 381 g/mol. The smallest absolute Gasteiger partial charge is 0.326 e. The van der Waals surface area contributed by atoms with Crippen molar-refractivity contribution in [2.24, 2.45) is 0 Å². The Hall–Kier alpha value is -2.68.